The van der Waals surface area contributed by atoms with Crippen LogP contribution < -0.4 is 14.8 Å². The summed E-state index contributed by atoms with van der Waals surface area (Å²) in [6, 6.07) is 1.03. The predicted octanol–water partition coefficient (Wildman–Crippen LogP) is 1.05. The third kappa shape index (κ3) is 3.34. The van der Waals surface area contributed by atoms with E-state index in [1.54, 1.807) is 0 Å². The molecule has 0 unspecified atom stereocenters. The molecule has 2 N–H and O–H groups in total. The fourth-order valence-corrected chi connectivity index (χ4v) is 1.36. The number of halogens is 1. The highest BCUT2D eigenvalue weighted by Gasteiger charge is 2.20. The van der Waals surface area contributed by atoms with Crippen LogP contribution in [-0.2, 0) is 4.79 Å². The molecule has 6 nitrogen and oxygen atoms in total. The molecule has 19 heavy (non-hydrogen) atoms. The number of hydrogen-bond acceptors (Lipinski definition) is 4. The van der Waals surface area contributed by atoms with Crippen LogP contribution in [0.2, 0.25) is 0 Å². The summed E-state index contributed by atoms with van der Waals surface area (Å²) in [5.41, 5.74) is -0.314. The minimum atomic E-state index is -1.21. The van der Waals surface area contributed by atoms with E-state index in [0.717, 1.165) is 12.1 Å². The van der Waals surface area contributed by atoms with Crippen molar-refractivity contribution in [2.75, 3.05) is 14.2 Å². The van der Waals surface area contributed by atoms with Gasteiger partial charge in [0.05, 0.1) is 19.8 Å². The molecule has 0 aliphatic carbocycles. The number of benzene rings is 1. The summed E-state index contributed by atoms with van der Waals surface area (Å²) in [4.78, 5) is 22.4. The monoisotopic (exact) mass is 271 g/mol. The first-order chi connectivity index (χ1) is 8.90. The number of carboxylic acids is 1. The van der Waals surface area contributed by atoms with Gasteiger partial charge < -0.3 is 19.9 Å². The Labute approximate surface area is 109 Å². The molecule has 0 saturated carbocycles. The average Bonchev–Trinajstić information content (AvgIpc) is 2.37. The highest BCUT2D eigenvalue weighted by Crippen LogP contribution is 2.29. The predicted molar refractivity (Wildman–Crippen MR) is 64.1 cm³/mol. The van der Waals surface area contributed by atoms with E-state index in [9.17, 15) is 14.0 Å². The second-order valence-corrected chi connectivity index (χ2v) is 3.72. The highest BCUT2D eigenvalue weighted by molar-refractivity contribution is 5.97. The summed E-state index contributed by atoms with van der Waals surface area (Å²) < 4.78 is 23.5. The molecule has 0 aliphatic heterocycles. The molecular weight excluding hydrogens is 257 g/mol. The summed E-state index contributed by atoms with van der Waals surface area (Å²) in [5.74, 6) is -2.56. The molecule has 1 aromatic carbocycles. The molecule has 0 radical (unpaired) electrons. The van der Waals surface area contributed by atoms with Crippen molar-refractivity contribution in [3.63, 3.8) is 0 Å². The Morgan fingerprint density at radius 2 is 1.79 bits per heavy atom. The Bertz CT molecular complexity index is 503. The van der Waals surface area contributed by atoms with Gasteiger partial charge in [0.15, 0.2) is 11.5 Å². The number of amides is 1. The van der Waals surface area contributed by atoms with Crippen molar-refractivity contribution < 1.29 is 28.6 Å². The normalized spacial score (nSPS) is 11.6. The van der Waals surface area contributed by atoms with Crippen LogP contribution in [-0.4, -0.2) is 37.2 Å². The number of carbonyl (C=O) groups is 2. The molecule has 0 aromatic heterocycles. The number of carbonyl (C=O) groups excluding carboxylic acids is 1. The van der Waals surface area contributed by atoms with E-state index in [2.05, 4.69) is 5.32 Å². The van der Waals surface area contributed by atoms with Crippen LogP contribution >= 0.6 is 0 Å². The molecule has 1 atom stereocenters. The molecule has 0 fully saturated rings. The maximum absolute atomic E-state index is 13.7. The summed E-state index contributed by atoms with van der Waals surface area (Å²) in [7, 11) is 2.68. The lowest BCUT2D eigenvalue weighted by atomic mass is 10.1. The molecule has 7 heteroatoms. The molecule has 0 spiro atoms. The van der Waals surface area contributed by atoms with Gasteiger partial charge in [-0.15, -0.1) is 0 Å². The average molecular weight is 271 g/mol. The lowest BCUT2D eigenvalue weighted by molar-refractivity contribution is -0.138. The molecular formula is C12H14FNO5. The molecule has 0 bridgehead atoms. The first-order valence-corrected chi connectivity index (χ1v) is 5.35. The lowest BCUT2D eigenvalue weighted by Crippen LogP contribution is -2.38. The molecule has 104 valence electrons. The Kier molecular flexibility index (Phi) is 4.68. The smallest absolute Gasteiger partial charge is 0.325 e. The van der Waals surface area contributed by atoms with E-state index in [1.165, 1.54) is 21.1 Å². The first-order valence-electron chi connectivity index (χ1n) is 5.35. The summed E-state index contributed by atoms with van der Waals surface area (Å²) in [6.45, 7) is 1.28. The SMILES string of the molecule is COc1cc(F)c(C(=O)N[C@H](C)C(=O)O)cc1OC. The van der Waals surface area contributed by atoms with Gasteiger partial charge in [-0.25, -0.2) is 4.39 Å². The number of carboxylic acid groups (broad SMARTS) is 1. The zero-order valence-electron chi connectivity index (χ0n) is 10.7. The minimum Gasteiger partial charge on any atom is -0.493 e. The highest BCUT2D eigenvalue weighted by atomic mass is 19.1. The molecule has 0 heterocycles. The summed E-state index contributed by atoms with van der Waals surface area (Å²) in [5, 5.41) is 10.8. The number of methoxy groups -OCH3 is 2. The number of nitrogens with one attached hydrogen (secondary N) is 1. The largest absolute Gasteiger partial charge is 0.493 e. The van der Waals surface area contributed by atoms with Gasteiger partial charge in [-0.2, -0.15) is 0 Å². The van der Waals surface area contributed by atoms with E-state index in [4.69, 9.17) is 14.6 Å². The molecule has 0 saturated heterocycles. The van der Waals surface area contributed by atoms with Crippen LogP contribution in [0.4, 0.5) is 4.39 Å². The Morgan fingerprint density at radius 1 is 1.26 bits per heavy atom. The summed E-state index contributed by atoms with van der Waals surface area (Å²) >= 11 is 0. The van der Waals surface area contributed by atoms with Gasteiger partial charge in [-0.1, -0.05) is 0 Å². The second kappa shape index (κ2) is 6.03. The van der Waals surface area contributed by atoms with E-state index < -0.39 is 23.7 Å². The molecule has 0 aliphatic rings. The maximum Gasteiger partial charge on any atom is 0.325 e. The second-order valence-electron chi connectivity index (χ2n) is 3.72. The molecule has 1 amide bonds. The molecule has 1 aromatic rings. The van der Waals surface area contributed by atoms with E-state index >= 15 is 0 Å². The number of hydrogen-bond donors (Lipinski definition) is 2. The van der Waals surface area contributed by atoms with Crippen LogP contribution in [0.1, 0.15) is 17.3 Å². The third-order valence-corrected chi connectivity index (χ3v) is 2.44. The van der Waals surface area contributed by atoms with Gasteiger partial charge in [0.1, 0.15) is 11.9 Å². The van der Waals surface area contributed by atoms with Crippen LogP contribution in [0.25, 0.3) is 0 Å². The standard InChI is InChI=1S/C12H14FNO5/c1-6(12(16)17)14-11(15)7-4-9(18-2)10(19-3)5-8(7)13/h4-6H,1-3H3,(H,14,15)(H,16,17)/t6-/m1/s1. The zero-order valence-corrected chi connectivity index (χ0v) is 10.7. The Morgan fingerprint density at radius 3 is 2.26 bits per heavy atom. The quantitative estimate of drug-likeness (QED) is 0.836. The van der Waals surface area contributed by atoms with Crippen LogP contribution in [0.3, 0.4) is 0 Å². The van der Waals surface area contributed by atoms with Crippen molar-refractivity contribution >= 4 is 11.9 Å². The van der Waals surface area contributed by atoms with Gasteiger partial charge in [0.25, 0.3) is 5.91 Å². The first kappa shape index (κ1) is 14.7. The van der Waals surface area contributed by atoms with Crippen molar-refractivity contribution in [1.29, 1.82) is 0 Å². The van der Waals surface area contributed by atoms with Crippen LogP contribution in [0.5, 0.6) is 11.5 Å². The lowest BCUT2D eigenvalue weighted by Gasteiger charge is -2.12. The number of ether oxygens (including phenoxy) is 2. The topological polar surface area (TPSA) is 84.9 Å². The van der Waals surface area contributed by atoms with E-state index in [1.807, 2.05) is 0 Å². The number of aliphatic carboxylic acids is 1. The van der Waals surface area contributed by atoms with Crippen molar-refractivity contribution in [3.8, 4) is 11.5 Å². The van der Waals surface area contributed by atoms with E-state index in [0.29, 0.717) is 0 Å². The Balaban J connectivity index is 3.06. The van der Waals surface area contributed by atoms with Gasteiger partial charge >= 0.3 is 5.97 Å². The molecule has 1 rings (SSSR count). The van der Waals surface area contributed by atoms with Crippen molar-refractivity contribution in [2.45, 2.75) is 13.0 Å². The number of rotatable bonds is 5. The zero-order chi connectivity index (χ0) is 14.6. The van der Waals surface area contributed by atoms with Crippen LogP contribution in [0, 0.1) is 5.82 Å². The van der Waals surface area contributed by atoms with Gasteiger partial charge in [-0.3, -0.25) is 9.59 Å². The minimum absolute atomic E-state index is 0.142. The van der Waals surface area contributed by atoms with Crippen molar-refractivity contribution in [1.82, 2.24) is 5.32 Å². The Hall–Kier alpha value is -2.31. The van der Waals surface area contributed by atoms with Gasteiger partial charge in [-0.05, 0) is 13.0 Å². The summed E-state index contributed by atoms with van der Waals surface area (Å²) in [6.07, 6.45) is 0. The van der Waals surface area contributed by atoms with Crippen molar-refractivity contribution in [3.05, 3.63) is 23.5 Å². The van der Waals surface area contributed by atoms with Gasteiger partial charge in [0.2, 0.25) is 0 Å². The van der Waals surface area contributed by atoms with Crippen molar-refractivity contribution in [2.24, 2.45) is 0 Å². The third-order valence-electron chi connectivity index (χ3n) is 2.44. The fraction of sp³-hybridized carbons (Fsp3) is 0.333. The fourth-order valence-electron chi connectivity index (χ4n) is 1.36. The van der Waals surface area contributed by atoms with Crippen LogP contribution in [0.15, 0.2) is 12.1 Å². The van der Waals surface area contributed by atoms with E-state index in [-0.39, 0.29) is 17.1 Å². The van der Waals surface area contributed by atoms with Gasteiger partial charge in [0, 0.05) is 6.07 Å². The maximum atomic E-state index is 13.7.